The Labute approximate surface area is 225 Å². The summed E-state index contributed by atoms with van der Waals surface area (Å²) in [5, 5.41) is 0. The Morgan fingerprint density at radius 1 is 0.889 bits per heavy atom. The van der Waals surface area contributed by atoms with Crippen molar-refractivity contribution in [1.82, 2.24) is 0 Å². The number of carbonyl (C=O) groups is 1. The van der Waals surface area contributed by atoms with E-state index in [9.17, 15) is 4.79 Å². The van der Waals surface area contributed by atoms with Gasteiger partial charge in [0.25, 0.3) is 0 Å². The summed E-state index contributed by atoms with van der Waals surface area (Å²) in [6.07, 6.45) is 23.0. The molecular formula is C35H60O. The van der Waals surface area contributed by atoms with Gasteiger partial charge in [-0.3, -0.25) is 4.79 Å². The SMILES string of the molecule is CCCCC1(CCCC)C(=O)CC[C@@]2(C)C1=CC[C@H]1[C@@H]3CC[C@H]([C@H](C)CCCC(C)C)[C@@]3(C)CC[C@@H]12. The summed E-state index contributed by atoms with van der Waals surface area (Å²) in [6.45, 7) is 17.3. The van der Waals surface area contributed by atoms with Gasteiger partial charge in [-0.15, -0.1) is 0 Å². The maximum atomic E-state index is 13.7. The number of hydrogen-bond donors (Lipinski definition) is 0. The van der Waals surface area contributed by atoms with Crippen molar-refractivity contribution in [3.05, 3.63) is 11.6 Å². The summed E-state index contributed by atoms with van der Waals surface area (Å²) >= 11 is 0. The van der Waals surface area contributed by atoms with Gasteiger partial charge in [0.2, 0.25) is 0 Å². The summed E-state index contributed by atoms with van der Waals surface area (Å²) < 4.78 is 0. The van der Waals surface area contributed by atoms with E-state index in [4.69, 9.17) is 0 Å². The lowest BCUT2D eigenvalue weighted by Crippen LogP contribution is -2.55. The lowest BCUT2D eigenvalue weighted by Gasteiger charge is -2.61. The summed E-state index contributed by atoms with van der Waals surface area (Å²) in [4.78, 5) is 13.7. The summed E-state index contributed by atoms with van der Waals surface area (Å²) in [5.74, 6) is 5.81. The molecule has 0 N–H and O–H groups in total. The van der Waals surface area contributed by atoms with Crippen molar-refractivity contribution in [2.45, 2.75) is 151 Å². The van der Waals surface area contributed by atoms with Gasteiger partial charge < -0.3 is 0 Å². The Morgan fingerprint density at radius 3 is 2.22 bits per heavy atom. The topological polar surface area (TPSA) is 17.1 Å². The van der Waals surface area contributed by atoms with Crippen LogP contribution in [0.5, 0.6) is 0 Å². The van der Waals surface area contributed by atoms with Crippen molar-refractivity contribution in [2.75, 3.05) is 0 Å². The van der Waals surface area contributed by atoms with E-state index in [0.717, 1.165) is 61.2 Å². The third-order valence-corrected chi connectivity index (χ3v) is 12.5. The van der Waals surface area contributed by atoms with E-state index < -0.39 is 0 Å². The molecule has 0 aromatic carbocycles. The number of hydrogen-bond acceptors (Lipinski definition) is 1. The molecule has 0 saturated heterocycles. The van der Waals surface area contributed by atoms with Crippen molar-refractivity contribution in [3.63, 3.8) is 0 Å². The molecule has 4 aliphatic carbocycles. The minimum Gasteiger partial charge on any atom is -0.299 e. The number of Topliss-reactive ketones (excluding diaryl/α,β-unsaturated/α-hetero) is 1. The van der Waals surface area contributed by atoms with Crippen molar-refractivity contribution < 1.29 is 4.79 Å². The van der Waals surface area contributed by atoms with Crippen LogP contribution >= 0.6 is 0 Å². The van der Waals surface area contributed by atoms with Crippen LogP contribution in [-0.4, -0.2) is 5.78 Å². The van der Waals surface area contributed by atoms with E-state index >= 15 is 0 Å². The van der Waals surface area contributed by atoms with Gasteiger partial charge in [0.05, 0.1) is 5.41 Å². The maximum absolute atomic E-state index is 13.7. The molecule has 4 aliphatic rings. The van der Waals surface area contributed by atoms with Crippen LogP contribution < -0.4 is 0 Å². The van der Waals surface area contributed by atoms with E-state index in [-0.39, 0.29) is 10.8 Å². The predicted molar refractivity (Wildman–Crippen MR) is 155 cm³/mol. The normalized spacial score (nSPS) is 38.3. The van der Waals surface area contributed by atoms with Crippen LogP contribution in [0.4, 0.5) is 0 Å². The van der Waals surface area contributed by atoms with Crippen LogP contribution in [0.2, 0.25) is 0 Å². The molecular weight excluding hydrogens is 436 g/mol. The molecule has 206 valence electrons. The van der Waals surface area contributed by atoms with Crippen LogP contribution in [0.1, 0.15) is 151 Å². The molecule has 3 saturated carbocycles. The minimum absolute atomic E-state index is 0.131. The highest BCUT2D eigenvalue weighted by atomic mass is 16.1. The minimum atomic E-state index is -0.131. The molecule has 0 aromatic rings. The second kappa shape index (κ2) is 11.3. The smallest absolute Gasteiger partial charge is 0.143 e. The third kappa shape index (κ3) is 4.81. The first-order valence-corrected chi connectivity index (χ1v) is 16.4. The van der Waals surface area contributed by atoms with E-state index in [1.54, 1.807) is 5.57 Å². The molecule has 0 bridgehead atoms. The van der Waals surface area contributed by atoms with Gasteiger partial charge in [-0.1, -0.05) is 105 Å². The first-order chi connectivity index (χ1) is 17.1. The van der Waals surface area contributed by atoms with Crippen molar-refractivity contribution in [2.24, 2.45) is 51.8 Å². The zero-order valence-corrected chi connectivity index (χ0v) is 25.3. The number of rotatable bonds is 11. The van der Waals surface area contributed by atoms with Crippen LogP contribution in [0, 0.1) is 51.8 Å². The molecule has 3 fully saturated rings. The van der Waals surface area contributed by atoms with E-state index in [1.165, 1.54) is 77.0 Å². The zero-order valence-electron chi connectivity index (χ0n) is 25.3. The van der Waals surface area contributed by atoms with E-state index in [2.05, 4.69) is 54.5 Å². The second-order valence-electron chi connectivity index (χ2n) is 14.9. The van der Waals surface area contributed by atoms with Gasteiger partial charge >= 0.3 is 0 Å². The second-order valence-corrected chi connectivity index (χ2v) is 14.9. The fourth-order valence-electron chi connectivity index (χ4n) is 10.6. The highest BCUT2D eigenvalue weighted by molar-refractivity contribution is 5.89. The summed E-state index contributed by atoms with van der Waals surface area (Å²) in [6, 6.07) is 0. The molecule has 0 amide bonds. The molecule has 0 aliphatic heterocycles. The Kier molecular flexibility index (Phi) is 8.89. The van der Waals surface area contributed by atoms with Crippen LogP contribution in [-0.2, 0) is 4.79 Å². The van der Waals surface area contributed by atoms with E-state index in [1.807, 2.05) is 0 Å². The Bertz CT molecular complexity index is 782. The first-order valence-electron chi connectivity index (χ1n) is 16.4. The van der Waals surface area contributed by atoms with Gasteiger partial charge in [0.1, 0.15) is 5.78 Å². The molecule has 1 nitrogen and oxygen atoms in total. The van der Waals surface area contributed by atoms with Crippen LogP contribution in [0.15, 0.2) is 11.6 Å². The highest BCUT2D eigenvalue weighted by Gasteiger charge is 2.62. The molecule has 0 spiro atoms. The molecule has 0 unspecified atom stereocenters. The molecule has 36 heavy (non-hydrogen) atoms. The molecule has 0 radical (unpaired) electrons. The molecule has 4 rings (SSSR count). The summed E-state index contributed by atoms with van der Waals surface area (Å²) in [7, 11) is 0. The third-order valence-electron chi connectivity index (χ3n) is 12.5. The van der Waals surface area contributed by atoms with E-state index in [0.29, 0.717) is 11.2 Å². The van der Waals surface area contributed by atoms with Crippen molar-refractivity contribution >= 4 is 5.78 Å². The quantitative estimate of drug-likeness (QED) is 0.260. The van der Waals surface area contributed by atoms with Gasteiger partial charge in [-0.25, -0.2) is 0 Å². The average molecular weight is 497 g/mol. The highest BCUT2D eigenvalue weighted by Crippen LogP contribution is 2.69. The monoisotopic (exact) mass is 496 g/mol. The summed E-state index contributed by atoms with van der Waals surface area (Å²) in [5.41, 5.74) is 2.32. The molecule has 1 heteroatoms. The number of allylic oxidation sites excluding steroid dienone is 2. The average Bonchev–Trinajstić information content (AvgIpc) is 3.20. The standard InChI is InChI=1S/C35H60O/c1-8-10-21-35(22-11-9-2)31-18-15-27-29-17-16-28(26(5)14-12-13-25(3)4)33(29,6)23-19-30(27)34(31,7)24-20-32(35)36/h18,25-30H,8-17,19-24H2,1-7H3/t26-,27+,28-,29+,30+,33-,34-/m1/s1. The fourth-order valence-corrected chi connectivity index (χ4v) is 10.6. The van der Waals surface area contributed by atoms with Crippen LogP contribution in [0.3, 0.4) is 0 Å². The lowest BCUT2D eigenvalue weighted by atomic mass is 9.43. The number of ketones is 1. The fraction of sp³-hybridized carbons (Fsp3) is 0.914. The zero-order chi connectivity index (χ0) is 26.1. The first kappa shape index (κ1) is 28.4. The van der Waals surface area contributed by atoms with Crippen LogP contribution in [0.25, 0.3) is 0 Å². The van der Waals surface area contributed by atoms with Crippen molar-refractivity contribution in [1.29, 1.82) is 0 Å². The Balaban J connectivity index is 1.59. The Morgan fingerprint density at radius 2 is 1.58 bits per heavy atom. The van der Waals surface area contributed by atoms with Gasteiger partial charge in [-0.2, -0.15) is 0 Å². The molecule has 0 aromatic heterocycles. The van der Waals surface area contributed by atoms with Crippen molar-refractivity contribution in [3.8, 4) is 0 Å². The number of fused-ring (bicyclic) bond motifs is 5. The van der Waals surface area contributed by atoms with Gasteiger partial charge in [0.15, 0.2) is 0 Å². The lowest BCUT2D eigenvalue weighted by molar-refractivity contribution is -0.135. The molecule has 0 heterocycles. The molecule has 7 atom stereocenters. The largest absolute Gasteiger partial charge is 0.299 e. The number of unbranched alkanes of at least 4 members (excludes halogenated alkanes) is 2. The van der Waals surface area contributed by atoms with Gasteiger partial charge in [-0.05, 0) is 97.7 Å². The predicted octanol–water partition coefficient (Wildman–Crippen LogP) is 10.6. The van der Waals surface area contributed by atoms with Gasteiger partial charge in [0, 0.05) is 6.42 Å². The maximum Gasteiger partial charge on any atom is 0.143 e. The number of carbonyl (C=O) groups excluding carboxylic acids is 1. The Hall–Kier alpha value is -0.590.